The smallest absolute Gasteiger partial charge is 0.225 e. The molecular formula is C24H27ClFN5O2. The molecule has 0 spiro atoms. The highest BCUT2D eigenvalue weighted by Gasteiger charge is 2.29. The van der Waals surface area contributed by atoms with Crippen LogP contribution in [-0.4, -0.2) is 59.6 Å². The fourth-order valence-electron chi connectivity index (χ4n) is 4.76. The van der Waals surface area contributed by atoms with Gasteiger partial charge in [-0.1, -0.05) is 11.6 Å². The number of halogens is 2. The van der Waals surface area contributed by atoms with Gasteiger partial charge in [0, 0.05) is 69.2 Å². The van der Waals surface area contributed by atoms with Gasteiger partial charge in [0.1, 0.15) is 17.3 Å². The number of pyridine rings is 1. The summed E-state index contributed by atoms with van der Waals surface area (Å²) < 4.78 is 21.0. The molecule has 1 aromatic carbocycles. The van der Waals surface area contributed by atoms with Gasteiger partial charge in [0.2, 0.25) is 5.91 Å². The Balaban J connectivity index is 1.40. The van der Waals surface area contributed by atoms with Gasteiger partial charge in [0.15, 0.2) is 0 Å². The molecule has 2 aliphatic rings. The first-order valence-electron chi connectivity index (χ1n) is 11.3. The van der Waals surface area contributed by atoms with E-state index in [1.165, 1.54) is 12.1 Å². The molecule has 4 heterocycles. The van der Waals surface area contributed by atoms with Crippen LogP contribution in [0.1, 0.15) is 18.4 Å². The van der Waals surface area contributed by atoms with Gasteiger partial charge in [-0.25, -0.2) is 9.37 Å². The first kappa shape index (κ1) is 22.1. The third kappa shape index (κ3) is 4.30. The number of anilines is 1. The van der Waals surface area contributed by atoms with E-state index >= 15 is 0 Å². The van der Waals surface area contributed by atoms with Crippen molar-refractivity contribution in [3.8, 4) is 11.1 Å². The summed E-state index contributed by atoms with van der Waals surface area (Å²) in [5.41, 5.74) is 9.26. The van der Waals surface area contributed by atoms with Crippen molar-refractivity contribution in [2.45, 2.75) is 19.4 Å². The Morgan fingerprint density at radius 2 is 1.91 bits per heavy atom. The largest absolute Gasteiger partial charge is 0.381 e. The molecule has 33 heavy (non-hydrogen) atoms. The zero-order valence-electron chi connectivity index (χ0n) is 18.3. The lowest BCUT2D eigenvalue weighted by atomic mass is 9.98. The number of rotatable bonds is 4. The van der Waals surface area contributed by atoms with E-state index in [2.05, 4.69) is 9.88 Å². The van der Waals surface area contributed by atoms with Crippen molar-refractivity contribution in [1.82, 2.24) is 14.3 Å². The number of carbonyl (C=O) groups excluding carboxylic acids is 1. The second kappa shape index (κ2) is 9.29. The van der Waals surface area contributed by atoms with Crippen LogP contribution >= 0.6 is 11.6 Å². The zero-order valence-corrected chi connectivity index (χ0v) is 19.1. The predicted octanol–water partition coefficient (Wildman–Crippen LogP) is 3.33. The van der Waals surface area contributed by atoms with E-state index < -0.39 is 0 Å². The summed E-state index contributed by atoms with van der Waals surface area (Å²) in [5.74, 6) is 0.901. The quantitative estimate of drug-likeness (QED) is 0.631. The van der Waals surface area contributed by atoms with Crippen molar-refractivity contribution >= 4 is 29.0 Å². The van der Waals surface area contributed by atoms with E-state index in [0.717, 1.165) is 54.1 Å². The fourth-order valence-corrected chi connectivity index (χ4v) is 5.03. The highest BCUT2D eigenvalue weighted by atomic mass is 35.5. The Morgan fingerprint density at radius 1 is 1.15 bits per heavy atom. The van der Waals surface area contributed by atoms with E-state index in [-0.39, 0.29) is 17.6 Å². The molecule has 9 heteroatoms. The van der Waals surface area contributed by atoms with Gasteiger partial charge in [0.05, 0.1) is 11.2 Å². The number of nitrogens with zero attached hydrogens (tertiary/aromatic N) is 4. The number of piperazine rings is 1. The summed E-state index contributed by atoms with van der Waals surface area (Å²) in [6, 6.07) is 6.33. The first-order chi connectivity index (χ1) is 16.0. The van der Waals surface area contributed by atoms with Crippen LogP contribution in [0.3, 0.4) is 0 Å². The normalized spacial score (nSPS) is 17.7. The zero-order chi connectivity index (χ0) is 22.9. The minimum atomic E-state index is -0.379. The number of ether oxygens (including phenoxy) is 1. The van der Waals surface area contributed by atoms with Gasteiger partial charge in [-0.2, -0.15) is 0 Å². The van der Waals surface area contributed by atoms with Gasteiger partial charge in [-0.05, 0) is 42.7 Å². The summed E-state index contributed by atoms with van der Waals surface area (Å²) in [5, 5.41) is 0.339. The van der Waals surface area contributed by atoms with E-state index in [1.54, 1.807) is 6.07 Å². The summed E-state index contributed by atoms with van der Waals surface area (Å²) in [6.07, 6.45) is 5.44. The van der Waals surface area contributed by atoms with Crippen LogP contribution in [0, 0.1) is 11.7 Å². The molecule has 7 nitrogen and oxygen atoms in total. The maximum atomic E-state index is 13.6. The van der Waals surface area contributed by atoms with Gasteiger partial charge in [-0.15, -0.1) is 0 Å². The van der Waals surface area contributed by atoms with Crippen LogP contribution in [0.2, 0.25) is 5.02 Å². The molecule has 0 bridgehead atoms. The topological polar surface area (TPSA) is 76.1 Å². The molecular weight excluding hydrogens is 445 g/mol. The number of imidazole rings is 1. The predicted molar refractivity (Wildman–Crippen MR) is 126 cm³/mol. The second-order valence-corrected chi connectivity index (χ2v) is 8.99. The Kier molecular flexibility index (Phi) is 6.23. The highest BCUT2D eigenvalue weighted by Crippen LogP contribution is 2.33. The standard InChI is InChI=1S/C24H27ClFN5O2/c25-21-12-18(26)1-2-19(21)20-15-31-22(11-17(20)13-27)28-14-23(31)29-5-7-30(8-6-29)24(32)16-3-9-33-10-4-16/h1-2,11-12,14-16H,3-10,13,27H2. The summed E-state index contributed by atoms with van der Waals surface area (Å²) in [4.78, 5) is 21.7. The molecule has 0 aliphatic carbocycles. The van der Waals surface area contributed by atoms with Crippen molar-refractivity contribution < 1.29 is 13.9 Å². The summed E-state index contributed by atoms with van der Waals surface area (Å²) >= 11 is 6.35. The number of carbonyl (C=O) groups is 1. The molecule has 2 fully saturated rings. The highest BCUT2D eigenvalue weighted by molar-refractivity contribution is 6.33. The third-order valence-electron chi connectivity index (χ3n) is 6.64. The number of hydrogen-bond acceptors (Lipinski definition) is 5. The monoisotopic (exact) mass is 471 g/mol. The Morgan fingerprint density at radius 3 is 2.61 bits per heavy atom. The Bertz CT molecular complexity index is 1170. The lowest BCUT2D eigenvalue weighted by Crippen LogP contribution is -2.51. The molecule has 2 N–H and O–H groups in total. The Labute approximate surface area is 196 Å². The fraction of sp³-hybridized carbons (Fsp3) is 0.417. The molecule has 0 unspecified atom stereocenters. The summed E-state index contributed by atoms with van der Waals surface area (Å²) in [6.45, 7) is 4.48. The van der Waals surface area contributed by atoms with Crippen LogP contribution in [0.25, 0.3) is 16.8 Å². The summed E-state index contributed by atoms with van der Waals surface area (Å²) in [7, 11) is 0. The molecule has 174 valence electrons. The van der Waals surface area contributed by atoms with Crippen molar-refractivity contribution in [2.75, 3.05) is 44.3 Å². The molecule has 0 radical (unpaired) electrons. The molecule has 2 aromatic heterocycles. The van der Waals surface area contributed by atoms with Gasteiger partial charge >= 0.3 is 0 Å². The number of fused-ring (bicyclic) bond motifs is 1. The van der Waals surface area contributed by atoms with Crippen LogP contribution < -0.4 is 10.6 Å². The molecule has 5 rings (SSSR count). The molecule has 2 aliphatic heterocycles. The van der Waals surface area contributed by atoms with Gasteiger partial charge in [0.25, 0.3) is 0 Å². The third-order valence-corrected chi connectivity index (χ3v) is 6.95. The number of nitrogens with two attached hydrogens (primary N) is 1. The van der Waals surface area contributed by atoms with Crippen LogP contribution in [0.5, 0.6) is 0 Å². The molecule has 0 atom stereocenters. The van der Waals surface area contributed by atoms with E-state index in [0.29, 0.717) is 37.9 Å². The second-order valence-electron chi connectivity index (χ2n) is 8.58. The van der Waals surface area contributed by atoms with Gasteiger partial charge in [-0.3, -0.25) is 9.20 Å². The maximum absolute atomic E-state index is 13.6. The van der Waals surface area contributed by atoms with Crippen LogP contribution in [0.4, 0.5) is 10.2 Å². The van der Waals surface area contributed by atoms with E-state index in [9.17, 15) is 9.18 Å². The van der Waals surface area contributed by atoms with Crippen LogP contribution in [0.15, 0.2) is 36.7 Å². The minimum Gasteiger partial charge on any atom is -0.381 e. The average Bonchev–Trinajstić information content (AvgIpc) is 3.26. The molecule has 1 amide bonds. The number of amides is 1. The Hall–Kier alpha value is -2.68. The van der Waals surface area contributed by atoms with Crippen LogP contribution in [-0.2, 0) is 16.1 Å². The van der Waals surface area contributed by atoms with Crippen molar-refractivity contribution in [3.05, 3.63) is 53.1 Å². The maximum Gasteiger partial charge on any atom is 0.225 e. The van der Waals surface area contributed by atoms with Crippen molar-refractivity contribution in [3.63, 3.8) is 0 Å². The van der Waals surface area contributed by atoms with E-state index in [1.807, 2.05) is 27.8 Å². The van der Waals surface area contributed by atoms with Gasteiger partial charge < -0.3 is 20.3 Å². The first-order valence-corrected chi connectivity index (χ1v) is 11.7. The molecule has 2 saturated heterocycles. The number of hydrogen-bond donors (Lipinski definition) is 1. The average molecular weight is 472 g/mol. The molecule has 3 aromatic rings. The van der Waals surface area contributed by atoms with E-state index in [4.69, 9.17) is 22.1 Å². The van der Waals surface area contributed by atoms with Crippen molar-refractivity contribution in [1.29, 1.82) is 0 Å². The minimum absolute atomic E-state index is 0.0822. The SMILES string of the molecule is NCc1cc2ncc(N3CCN(C(=O)C4CCOCC4)CC3)n2cc1-c1ccc(F)cc1Cl. The number of benzene rings is 1. The number of aromatic nitrogens is 2. The lowest BCUT2D eigenvalue weighted by molar-refractivity contribution is -0.138. The lowest BCUT2D eigenvalue weighted by Gasteiger charge is -2.37. The van der Waals surface area contributed by atoms with Crippen molar-refractivity contribution in [2.24, 2.45) is 11.7 Å². The molecule has 0 saturated carbocycles.